The maximum Gasteiger partial charge on any atom is 2.00 e. The molecule has 148 valence electrons. The third-order valence-corrected chi connectivity index (χ3v) is 3.63. The maximum absolute atomic E-state index is 10.3. The number of hydrogen-bond acceptors (Lipinski definition) is 2. The Morgan fingerprint density at radius 1 is 1.04 bits per heavy atom. The van der Waals surface area contributed by atoms with Crippen molar-refractivity contribution < 1.29 is 26.9 Å². The summed E-state index contributed by atoms with van der Waals surface area (Å²) in [7, 11) is 0. The van der Waals surface area contributed by atoms with Crippen LogP contribution in [0, 0.1) is 6.92 Å². The Morgan fingerprint density at radius 3 is 2.00 bits per heavy atom. The second-order valence-corrected chi connectivity index (χ2v) is 5.64. The fourth-order valence-corrected chi connectivity index (χ4v) is 2.20. The van der Waals surface area contributed by atoms with E-state index in [0.29, 0.717) is 6.42 Å². The Kier molecular flexibility index (Phi) is 22.9. The number of carbonyl (C=O) groups is 1. The van der Waals surface area contributed by atoms with Crippen LogP contribution < -0.4 is 17.0 Å². The summed E-state index contributed by atoms with van der Waals surface area (Å²) in [5, 5.41) is 9.67. The van der Waals surface area contributed by atoms with Gasteiger partial charge in [0.25, 0.3) is 0 Å². The van der Waals surface area contributed by atoms with E-state index in [1.807, 2.05) is 42.5 Å². The number of benzene rings is 2. The third-order valence-electron chi connectivity index (χ3n) is 3.63. The van der Waals surface area contributed by atoms with Crippen LogP contribution in [0.4, 0.5) is 0 Å². The van der Waals surface area contributed by atoms with Gasteiger partial charge in [0.05, 0.1) is 6.10 Å². The van der Waals surface area contributed by atoms with Crippen LogP contribution >= 0.6 is 0 Å². The number of rotatable bonds is 6. The standard InChI is InChI=1S/C12H16O.C9H10O.C3H5.BrH.Mg/c1-3-6-12(13)11-8-5-7-10(4-2)9-11;1-2-8-4-3-5-9(6-8)7-10;1-3-2;;/h3,5,7-9,12-13H,1,4,6H2,2H3;3-7H,2H2,1H3;3H,1-2H2;1H;/q;;-1;;+2/p-1. The Balaban J connectivity index is -0.000000376. The summed E-state index contributed by atoms with van der Waals surface area (Å²) in [6.45, 7) is 14.3. The topological polar surface area (TPSA) is 37.3 Å². The van der Waals surface area contributed by atoms with Gasteiger partial charge >= 0.3 is 23.1 Å². The number of aliphatic hydroxyl groups excluding tert-OH is 1. The smallest absolute Gasteiger partial charge is 1.00 e. The first-order valence-corrected chi connectivity index (χ1v) is 8.88. The van der Waals surface area contributed by atoms with Crippen LogP contribution in [0.2, 0.25) is 0 Å². The molecule has 2 nitrogen and oxygen atoms in total. The van der Waals surface area contributed by atoms with Crippen LogP contribution in [0.1, 0.15) is 53.4 Å². The van der Waals surface area contributed by atoms with Crippen LogP contribution in [0.5, 0.6) is 0 Å². The summed E-state index contributed by atoms with van der Waals surface area (Å²) in [6.07, 6.45) is 6.33. The summed E-state index contributed by atoms with van der Waals surface area (Å²) in [5.41, 5.74) is 4.23. The summed E-state index contributed by atoms with van der Waals surface area (Å²) < 4.78 is 0. The second-order valence-electron chi connectivity index (χ2n) is 5.64. The van der Waals surface area contributed by atoms with Gasteiger partial charge in [-0.1, -0.05) is 62.4 Å². The molecule has 2 aromatic rings. The summed E-state index contributed by atoms with van der Waals surface area (Å²) >= 11 is 0. The van der Waals surface area contributed by atoms with Crippen molar-refractivity contribution in [1.82, 2.24) is 0 Å². The van der Waals surface area contributed by atoms with Gasteiger partial charge < -0.3 is 22.1 Å². The molecule has 1 N–H and O–H groups in total. The molecule has 0 aliphatic heterocycles. The summed E-state index contributed by atoms with van der Waals surface area (Å²) in [6, 6.07) is 15.7. The molecule has 0 saturated carbocycles. The van der Waals surface area contributed by atoms with E-state index in [4.69, 9.17) is 0 Å². The van der Waals surface area contributed by atoms with Gasteiger partial charge in [-0.3, -0.25) is 4.79 Å². The summed E-state index contributed by atoms with van der Waals surface area (Å²) in [4.78, 5) is 10.3. The zero-order chi connectivity index (χ0) is 19.8. The molecule has 0 aliphatic carbocycles. The molecule has 0 saturated heterocycles. The molecule has 0 fully saturated rings. The minimum atomic E-state index is -0.399. The molecule has 0 heterocycles. The molecule has 0 amide bonds. The Labute approximate surface area is 197 Å². The third kappa shape index (κ3) is 13.8. The number of halogens is 1. The Bertz CT molecular complexity index is 671. The summed E-state index contributed by atoms with van der Waals surface area (Å²) in [5.74, 6) is 0. The van der Waals surface area contributed by atoms with Crippen molar-refractivity contribution in [2.24, 2.45) is 0 Å². The first kappa shape index (κ1) is 31.4. The van der Waals surface area contributed by atoms with Crippen molar-refractivity contribution in [1.29, 1.82) is 0 Å². The van der Waals surface area contributed by atoms with Gasteiger partial charge in [-0.05, 0) is 42.0 Å². The Hall–Kier alpha value is -1.33. The van der Waals surface area contributed by atoms with Crippen LogP contribution in [0.3, 0.4) is 0 Å². The van der Waals surface area contributed by atoms with Crippen LogP contribution in [0.15, 0.2) is 73.8 Å². The molecule has 0 bridgehead atoms. The van der Waals surface area contributed by atoms with Crippen molar-refractivity contribution in [2.75, 3.05) is 0 Å². The van der Waals surface area contributed by atoms with Crippen LogP contribution in [0.25, 0.3) is 0 Å². The van der Waals surface area contributed by atoms with Gasteiger partial charge in [0.2, 0.25) is 0 Å². The molecule has 2 aromatic carbocycles. The maximum atomic E-state index is 10.3. The second kappa shape index (κ2) is 20.4. The fourth-order valence-electron chi connectivity index (χ4n) is 2.20. The normalized spacial score (nSPS) is 9.54. The number of allylic oxidation sites excluding steroid dienone is 1. The number of hydrogen-bond donors (Lipinski definition) is 1. The number of aryl methyl sites for hydroxylation is 2. The van der Waals surface area contributed by atoms with Gasteiger partial charge in [0.15, 0.2) is 0 Å². The van der Waals surface area contributed by atoms with Crippen molar-refractivity contribution in [3.8, 4) is 0 Å². The average molecular weight is 456 g/mol. The number of aldehydes is 1. The van der Waals surface area contributed by atoms with Crippen molar-refractivity contribution in [3.05, 3.63) is 103 Å². The van der Waals surface area contributed by atoms with E-state index in [-0.39, 0.29) is 40.0 Å². The van der Waals surface area contributed by atoms with Gasteiger partial charge in [-0.15, -0.1) is 6.58 Å². The zero-order valence-electron chi connectivity index (χ0n) is 17.1. The minimum Gasteiger partial charge on any atom is -1.00 e. The van der Waals surface area contributed by atoms with E-state index in [2.05, 4.69) is 40.0 Å². The first-order valence-electron chi connectivity index (χ1n) is 8.88. The largest absolute Gasteiger partial charge is 2.00 e. The number of aliphatic hydroxyl groups is 1. The molecular formula is C24H31BrMgO2. The monoisotopic (exact) mass is 454 g/mol. The molecule has 0 spiro atoms. The zero-order valence-corrected chi connectivity index (χ0v) is 20.1. The molecular weight excluding hydrogens is 424 g/mol. The molecule has 1 atom stereocenters. The first-order chi connectivity index (χ1) is 12.6. The molecule has 28 heavy (non-hydrogen) atoms. The van der Waals surface area contributed by atoms with E-state index in [9.17, 15) is 9.90 Å². The van der Waals surface area contributed by atoms with E-state index in [1.165, 1.54) is 17.2 Å². The van der Waals surface area contributed by atoms with Crippen molar-refractivity contribution in [2.45, 2.75) is 39.2 Å². The quantitative estimate of drug-likeness (QED) is 0.315. The minimum absolute atomic E-state index is 0. The van der Waals surface area contributed by atoms with E-state index >= 15 is 0 Å². The van der Waals surface area contributed by atoms with E-state index < -0.39 is 6.10 Å². The SMILES string of the molecule is C=CCC(O)c1cccc(CC)c1.C=C[CH2-].CCc1cccc(C=O)c1.[Br-].[Mg+2]. The number of carbonyl (C=O) groups excluding carboxylic acids is 1. The molecule has 0 aromatic heterocycles. The Morgan fingerprint density at radius 2 is 1.54 bits per heavy atom. The van der Waals surface area contributed by atoms with Gasteiger partial charge in [0.1, 0.15) is 6.29 Å². The van der Waals surface area contributed by atoms with Crippen molar-refractivity contribution >= 4 is 29.3 Å². The molecule has 4 heteroatoms. The van der Waals surface area contributed by atoms with E-state index in [1.54, 1.807) is 6.08 Å². The predicted octanol–water partition coefficient (Wildman–Crippen LogP) is 2.55. The van der Waals surface area contributed by atoms with E-state index in [0.717, 1.165) is 30.3 Å². The molecule has 0 aliphatic rings. The van der Waals surface area contributed by atoms with Crippen LogP contribution in [-0.4, -0.2) is 34.4 Å². The van der Waals surface area contributed by atoms with Gasteiger partial charge in [-0.25, -0.2) is 19.6 Å². The average Bonchev–Trinajstić information content (AvgIpc) is 2.69. The van der Waals surface area contributed by atoms with Crippen molar-refractivity contribution in [3.63, 3.8) is 0 Å². The fraction of sp³-hybridized carbons (Fsp3) is 0.250. The predicted molar refractivity (Wildman–Crippen MR) is 118 cm³/mol. The molecule has 1 unspecified atom stereocenters. The molecule has 0 radical (unpaired) electrons. The van der Waals surface area contributed by atoms with Gasteiger partial charge in [0, 0.05) is 5.56 Å². The van der Waals surface area contributed by atoms with Crippen LogP contribution in [-0.2, 0) is 12.8 Å². The molecule has 2 rings (SSSR count). The van der Waals surface area contributed by atoms with Gasteiger partial charge in [-0.2, -0.15) is 0 Å².